The molecule has 1 rings (SSSR count). The Labute approximate surface area is 183 Å². The fourth-order valence-electron chi connectivity index (χ4n) is 2.58. The predicted octanol–water partition coefficient (Wildman–Crippen LogP) is 1.28. The van der Waals surface area contributed by atoms with Crippen LogP contribution in [0.2, 0.25) is 0 Å². The van der Waals surface area contributed by atoms with Gasteiger partial charge in [0.15, 0.2) is 6.29 Å². The smallest absolute Gasteiger partial charge is 0.396 e. The zero-order valence-corrected chi connectivity index (χ0v) is 19.8. The lowest BCUT2D eigenvalue weighted by Crippen LogP contribution is -2.49. The maximum absolute atomic E-state index is 9.28. The minimum Gasteiger partial charge on any atom is -0.396 e. The van der Waals surface area contributed by atoms with Gasteiger partial charge in [-0.3, -0.25) is 0 Å². The highest BCUT2D eigenvalue weighted by Crippen LogP contribution is 2.34. The van der Waals surface area contributed by atoms with Gasteiger partial charge in [-0.2, -0.15) is 0 Å². The molecule has 1 fully saturated rings. The summed E-state index contributed by atoms with van der Waals surface area (Å²) in [5.74, 6) is 0. The highest BCUT2D eigenvalue weighted by atomic mass is 16.7. The Balaban J connectivity index is 0. The third kappa shape index (κ3) is 9.04. The molecule has 5 N–H and O–H groups in total. The SMILES string of the molecule is CCC(CO)(CO)COCC(C)(C)CO.CCC1(CO)COC(C(C)(C)CO)OC1.[H+]. The Kier molecular flexibility index (Phi) is 13.1. The van der Waals surface area contributed by atoms with Gasteiger partial charge in [-0.1, -0.05) is 41.5 Å². The van der Waals surface area contributed by atoms with Crippen LogP contribution in [0.4, 0.5) is 0 Å². The number of rotatable bonds is 12. The molecule has 8 nitrogen and oxygen atoms in total. The first-order valence-corrected chi connectivity index (χ1v) is 10.8. The summed E-state index contributed by atoms with van der Waals surface area (Å²) in [7, 11) is 0. The Bertz CT molecular complexity index is 418. The van der Waals surface area contributed by atoms with Gasteiger partial charge in [0, 0.05) is 21.7 Å². The molecule has 0 spiro atoms. The Hall–Kier alpha value is -0.320. The summed E-state index contributed by atoms with van der Waals surface area (Å²) in [4.78, 5) is 0. The van der Waals surface area contributed by atoms with Crippen LogP contribution in [0, 0.1) is 21.7 Å². The van der Waals surface area contributed by atoms with Crippen LogP contribution < -0.4 is 0 Å². The second-order valence-electron chi connectivity index (χ2n) is 10.1. The Morgan fingerprint density at radius 3 is 1.73 bits per heavy atom. The predicted molar refractivity (Wildman–Crippen MR) is 116 cm³/mol. The lowest BCUT2D eigenvalue weighted by Gasteiger charge is -2.43. The van der Waals surface area contributed by atoms with Gasteiger partial charge in [0.05, 0.1) is 59.5 Å². The van der Waals surface area contributed by atoms with Crippen molar-refractivity contribution in [1.82, 2.24) is 0 Å². The lowest BCUT2D eigenvalue weighted by molar-refractivity contribution is -0.279. The van der Waals surface area contributed by atoms with Gasteiger partial charge in [0.2, 0.25) is 0 Å². The summed E-state index contributed by atoms with van der Waals surface area (Å²) in [6.07, 6.45) is 1.11. The van der Waals surface area contributed by atoms with Crippen LogP contribution in [0.5, 0.6) is 0 Å². The van der Waals surface area contributed by atoms with Gasteiger partial charge < -0.3 is 39.7 Å². The lowest BCUT2D eigenvalue weighted by atomic mass is 9.86. The number of ether oxygens (including phenoxy) is 3. The molecule has 0 aromatic heterocycles. The van der Waals surface area contributed by atoms with Crippen molar-refractivity contribution in [1.29, 1.82) is 0 Å². The fourth-order valence-corrected chi connectivity index (χ4v) is 2.58. The molecule has 0 radical (unpaired) electrons. The second kappa shape index (κ2) is 13.3. The maximum Gasteiger partial charge on any atom is 1.00 e. The molecule has 0 atom stereocenters. The van der Waals surface area contributed by atoms with Gasteiger partial charge in [0.25, 0.3) is 0 Å². The van der Waals surface area contributed by atoms with Gasteiger partial charge in [-0.05, 0) is 12.8 Å². The van der Waals surface area contributed by atoms with Crippen LogP contribution in [0.15, 0.2) is 0 Å². The van der Waals surface area contributed by atoms with E-state index < -0.39 is 10.8 Å². The monoisotopic (exact) mass is 439 g/mol. The Morgan fingerprint density at radius 1 is 0.867 bits per heavy atom. The van der Waals surface area contributed by atoms with Crippen LogP contribution in [0.3, 0.4) is 0 Å². The van der Waals surface area contributed by atoms with Crippen molar-refractivity contribution in [2.75, 3.05) is 59.5 Å². The number of aliphatic hydroxyl groups excluding tert-OH is 5. The third-order valence-electron chi connectivity index (χ3n) is 5.96. The molecule has 0 aromatic carbocycles. The van der Waals surface area contributed by atoms with E-state index in [1.165, 1.54) is 0 Å². The van der Waals surface area contributed by atoms with Crippen molar-refractivity contribution in [3.63, 3.8) is 0 Å². The first kappa shape index (κ1) is 29.7. The van der Waals surface area contributed by atoms with Crippen molar-refractivity contribution >= 4 is 0 Å². The van der Waals surface area contributed by atoms with E-state index in [0.717, 1.165) is 6.42 Å². The van der Waals surface area contributed by atoms with E-state index in [2.05, 4.69) is 0 Å². The molecule has 0 bridgehead atoms. The van der Waals surface area contributed by atoms with E-state index in [1.54, 1.807) is 0 Å². The van der Waals surface area contributed by atoms with Crippen molar-refractivity contribution in [3.8, 4) is 0 Å². The summed E-state index contributed by atoms with van der Waals surface area (Å²) in [6.45, 7) is 13.2. The minimum absolute atomic E-state index is 0. The van der Waals surface area contributed by atoms with Gasteiger partial charge in [0.1, 0.15) is 0 Å². The molecule has 0 aliphatic carbocycles. The number of aliphatic hydroxyl groups is 5. The molecule has 182 valence electrons. The standard InChI is InChI=1S/C11H22O4.C11H24O4/c1-4-11(6-13)7-14-9(15-8-11)10(2,3)5-12;1-4-11(6-13,7-14)9-15-8-10(2,3)5-12/h9,12-13H,4-8H2,1-3H3;12-14H,4-9H2,1-3H3/p+1. The quantitative estimate of drug-likeness (QED) is 0.308. The minimum atomic E-state index is -0.550. The van der Waals surface area contributed by atoms with E-state index in [-0.39, 0.29) is 51.6 Å². The highest BCUT2D eigenvalue weighted by molar-refractivity contribution is 4.83. The average molecular weight is 440 g/mol. The maximum atomic E-state index is 9.28. The van der Waals surface area contributed by atoms with Crippen molar-refractivity contribution in [2.24, 2.45) is 21.7 Å². The molecule has 0 unspecified atom stereocenters. The highest BCUT2D eigenvalue weighted by Gasteiger charge is 2.40. The molecule has 1 saturated heterocycles. The van der Waals surface area contributed by atoms with Gasteiger partial charge in [-0.15, -0.1) is 0 Å². The molecule has 0 aromatic rings. The molecule has 1 aliphatic heterocycles. The summed E-state index contributed by atoms with van der Waals surface area (Å²) in [5, 5.41) is 45.8. The first-order valence-electron chi connectivity index (χ1n) is 10.8. The number of hydrogen-bond donors (Lipinski definition) is 5. The normalized spacial score (nSPS) is 23.1. The van der Waals surface area contributed by atoms with Crippen LogP contribution in [0.1, 0.15) is 55.8 Å². The van der Waals surface area contributed by atoms with E-state index in [0.29, 0.717) is 32.8 Å². The molecule has 0 saturated carbocycles. The largest absolute Gasteiger partial charge is 1.00 e. The summed E-state index contributed by atoms with van der Waals surface area (Å²) in [5.41, 5.74) is -1.48. The topological polar surface area (TPSA) is 129 Å². The van der Waals surface area contributed by atoms with Crippen molar-refractivity contribution < 1.29 is 41.2 Å². The van der Waals surface area contributed by atoms with E-state index >= 15 is 0 Å². The summed E-state index contributed by atoms with van der Waals surface area (Å²) >= 11 is 0. The molecule has 1 heterocycles. The van der Waals surface area contributed by atoms with E-state index in [9.17, 15) is 20.4 Å². The van der Waals surface area contributed by atoms with E-state index in [1.807, 2.05) is 41.5 Å². The second-order valence-corrected chi connectivity index (χ2v) is 10.1. The zero-order valence-electron chi connectivity index (χ0n) is 20.8. The Morgan fingerprint density at radius 2 is 1.40 bits per heavy atom. The van der Waals surface area contributed by atoms with Gasteiger partial charge in [-0.25, -0.2) is 0 Å². The van der Waals surface area contributed by atoms with Crippen LogP contribution >= 0.6 is 0 Å². The van der Waals surface area contributed by atoms with Crippen molar-refractivity contribution in [3.05, 3.63) is 0 Å². The molecule has 8 heteroatoms. The van der Waals surface area contributed by atoms with Crippen LogP contribution in [-0.2, 0) is 14.2 Å². The molecule has 1 aliphatic rings. The van der Waals surface area contributed by atoms with Gasteiger partial charge >= 0.3 is 1.43 Å². The van der Waals surface area contributed by atoms with Crippen LogP contribution in [0.25, 0.3) is 0 Å². The molecular formula is C22H47O8+. The van der Waals surface area contributed by atoms with E-state index in [4.69, 9.17) is 19.3 Å². The summed E-state index contributed by atoms with van der Waals surface area (Å²) < 4.78 is 16.6. The molecule has 0 amide bonds. The third-order valence-corrected chi connectivity index (χ3v) is 5.96. The molecule has 30 heavy (non-hydrogen) atoms. The zero-order chi connectivity index (χ0) is 23.5. The first-order chi connectivity index (χ1) is 13.9. The fraction of sp³-hybridized carbons (Fsp3) is 1.00. The summed E-state index contributed by atoms with van der Waals surface area (Å²) in [6, 6.07) is 0. The average Bonchev–Trinajstić information content (AvgIpc) is 2.77. The number of hydrogen-bond acceptors (Lipinski definition) is 8. The molecular weight excluding hydrogens is 392 g/mol. The van der Waals surface area contributed by atoms with Crippen LogP contribution in [-0.4, -0.2) is 91.3 Å². The van der Waals surface area contributed by atoms with Crippen molar-refractivity contribution in [2.45, 2.75) is 60.7 Å².